The fraction of sp³-hybridized carbons (Fsp3) is 0.227. The number of hydrogen-bond acceptors (Lipinski definition) is 6. The van der Waals surface area contributed by atoms with Gasteiger partial charge in [-0.3, -0.25) is 4.79 Å². The van der Waals surface area contributed by atoms with E-state index in [1.807, 2.05) is 42.5 Å². The topological polar surface area (TPSA) is 85.4 Å². The zero-order valence-corrected chi connectivity index (χ0v) is 16.5. The van der Waals surface area contributed by atoms with Crippen LogP contribution in [0.1, 0.15) is 16.9 Å². The minimum absolute atomic E-state index is 0.274. The van der Waals surface area contributed by atoms with E-state index in [1.54, 1.807) is 32.4 Å². The standard InChI is InChI=1S/C22H24N4O3/c1-28-13-7-12-23-20-15-19(25-21(26-20)16-8-4-3-5-9-16)22(27)24-17-10-6-11-18(14-17)29-2/h3-6,8-11,14-15H,7,12-13H2,1-2H3,(H,24,27)(H,23,25,26). The van der Waals surface area contributed by atoms with Crippen LogP contribution in [0, 0.1) is 0 Å². The second kappa shape index (κ2) is 10.2. The zero-order valence-electron chi connectivity index (χ0n) is 16.5. The molecule has 0 saturated heterocycles. The number of benzene rings is 2. The minimum atomic E-state index is -0.322. The molecule has 7 nitrogen and oxygen atoms in total. The lowest BCUT2D eigenvalue weighted by Gasteiger charge is -2.11. The molecule has 0 radical (unpaired) electrons. The quantitative estimate of drug-likeness (QED) is 0.538. The first-order valence-corrected chi connectivity index (χ1v) is 9.32. The highest BCUT2D eigenvalue weighted by molar-refractivity contribution is 6.03. The van der Waals surface area contributed by atoms with Crippen LogP contribution in [0.25, 0.3) is 11.4 Å². The van der Waals surface area contributed by atoms with Gasteiger partial charge in [-0.05, 0) is 18.6 Å². The molecule has 0 atom stereocenters. The second-order valence-electron chi connectivity index (χ2n) is 6.29. The van der Waals surface area contributed by atoms with Crippen molar-refractivity contribution >= 4 is 17.4 Å². The largest absolute Gasteiger partial charge is 0.497 e. The number of nitrogens with one attached hydrogen (secondary N) is 2. The van der Waals surface area contributed by atoms with E-state index in [-0.39, 0.29) is 11.6 Å². The number of carbonyl (C=O) groups excluding carboxylic acids is 1. The smallest absolute Gasteiger partial charge is 0.274 e. The highest BCUT2D eigenvalue weighted by Crippen LogP contribution is 2.20. The monoisotopic (exact) mass is 392 g/mol. The first kappa shape index (κ1) is 20.3. The van der Waals surface area contributed by atoms with Crippen molar-refractivity contribution < 1.29 is 14.3 Å². The molecule has 3 rings (SSSR count). The van der Waals surface area contributed by atoms with Gasteiger partial charge >= 0.3 is 0 Å². The first-order chi connectivity index (χ1) is 14.2. The van der Waals surface area contributed by atoms with E-state index < -0.39 is 0 Å². The molecule has 2 N–H and O–H groups in total. The Bertz CT molecular complexity index is 948. The molecule has 0 aliphatic heterocycles. The van der Waals surface area contributed by atoms with Crippen LogP contribution in [-0.4, -0.2) is 43.2 Å². The van der Waals surface area contributed by atoms with Crippen molar-refractivity contribution in [2.24, 2.45) is 0 Å². The second-order valence-corrected chi connectivity index (χ2v) is 6.29. The Morgan fingerprint density at radius 2 is 1.83 bits per heavy atom. The summed E-state index contributed by atoms with van der Waals surface area (Å²) in [5.74, 6) is 1.41. The summed E-state index contributed by atoms with van der Waals surface area (Å²) in [6, 6.07) is 18.4. The number of rotatable bonds is 9. The van der Waals surface area contributed by atoms with Crippen LogP contribution >= 0.6 is 0 Å². The Hall–Kier alpha value is -3.45. The highest BCUT2D eigenvalue weighted by atomic mass is 16.5. The van der Waals surface area contributed by atoms with Crippen LogP contribution in [0.2, 0.25) is 0 Å². The molecule has 0 aliphatic carbocycles. The Balaban J connectivity index is 1.86. The molecule has 1 amide bonds. The van der Waals surface area contributed by atoms with Gasteiger partial charge in [0.2, 0.25) is 0 Å². The lowest BCUT2D eigenvalue weighted by molar-refractivity contribution is 0.102. The number of methoxy groups -OCH3 is 2. The van der Waals surface area contributed by atoms with E-state index in [4.69, 9.17) is 9.47 Å². The Labute approximate surface area is 170 Å². The summed E-state index contributed by atoms with van der Waals surface area (Å²) < 4.78 is 10.3. The number of anilines is 2. The summed E-state index contributed by atoms with van der Waals surface area (Å²) in [4.78, 5) is 21.9. The molecule has 0 spiro atoms. The SMILES string of the molecule is COCCCNc1cc(C(=O)Nc2cccc(OC)c2)nc(-c2ccccc2)n1. The average molecular weight is 392 g/mol. The lowest BCUT2D eigenvalue weighted by atomic mass is 10.2. The van der Waals surface area contributed by atoms with Crippen molar-refractivity contribution in [1.82, 2.24) is 9.97 Å². The number of amides is 1. The van der Waals surface area contributed by atoms with Gasteiger partial charge in [-0.15, -0.1) is 0 Å². The molecular weight excluding hydrogens is 368 g/mol. The van der Waals surface area contributed by atoms with Gasteiger partial charge in [0.1, 0.15) is 17.3 Å². The minimum Gasteiger partial charge on any atom is -0.497 e. The molecule has 0 fully saturated rings. The first-order valence-electron chi connectivity index (χ1n) is 9.32. The van der Waals surface area contributed by atoms with Gasteiger partial charge in [0, 0.05) is 43.6 Å². The lowest BCUT2D eigenvalue weighted by Crippen LogP contribution is -2.16. The third kappa shape index (κ3) is 5.76. The third-order valence-corrected chi connectivity index (χ3v) is 4.15. The number of carbonyl (C=O) groups is 1. The zero-order chi connectivity index (χ0) is 20.5. The van der Waals surface area contributed by atoms with E-state index in [0.717, 1.165) is 12.0 Å². The molecule has 0 saturated carbocycles. The van der Waals surface area contributed by atoms with Crippen molar-refractivity contribution in [2.45, 2.75) is 6.42 Å². The van der Waals surface area contributed by atoms with Gasteiger partial charge in [-0.2, -0.15) is 0 Å². The molecule has 0 aliphatic rings. The summed E-state index contributed by atoms with van der Waals surface area (Å²) >= 11 is 0. The van der Waals surface area contributed by atoms with Crippen molar-refractivity contribution in [3.05, 3.63) is 66.4 Å². The molecule has 1 aromatic heterocycles. The maximum Gasteiger partial charge on any atom is 0.274 e. The normalized spacial score (nSPS) is 10.4. The summed E-state index contributed by atoms with van der Waals surface area (Å²) in [6.45, 7) is 1.32. The third-order valence-electron chi connectivity index (χ3n) is 4.15. The van der Waals surface area contributed by atoms with Crippen LogP contribution in [-0.2, 0) is 4.74 Å². The molecule has 29 heavy (non-hydrogen) atoms. The fourth-order valence-electron chi connectivity index (χ4n) is 2.70. The maximum absolute atomic E-state index is 12.8. The predicted molar refractivity (Wildman–Crippen MR) is 113 cm³/mol. The van der Waals surface area contributed by atoms with E-state index in [2.05, 4.69) is 20.6 Å². The van der Waals surface area contributed by atoms with Gasteiger partial charge < -0.3 is 20.1 Å². The number of nitrogens with zero attached hydrogens (tertiary/aromatic N) is 2. The molecule has 2 aromatic carbocycles. The number of aromatic nitrogens is 2. The van der Waals surface area contributed by atoms with Crippen LogP contribution < -0.4 is 15.4 Å². The van der Waals surface area contributed by atoms with Crippen LogP contribution in [0.3, 0.4) is 0 Å². The molecule has 1 heterocycles. The summed E-state index contributed by atoms with van der Waals surface area (Å²) in [5.41, 5.74) is 1.74. The van der Waals surface area contributed by atoms with Crippen molar-refractivity contribution in [1.29, 1.82) is 0 Å². The van der Waals surface area contributed by atoms with Crippen molar-refractivity contribution in [3.63, 3.8) is 0 Å². The van der Waals surface area contributed by atoms with Crippen LogP contribution in [0.15, 0.2) is 60.7 Å². The van der Waals surface area contributed by atoms with E-state index in [0.29, 0.717) is 36.2 Å². The summed E-state index contributed by atoms with van der Waals surface area (Å²) in [7, 11) is 3.25. The van der Waals surface area contributed by atoms with Gasteiger partial charge in [0.15, 0.2) is 5.82 Å². The summed E-state index contributed by atoms with van der Waals surface area (Å²) in [5, 5.41) is 6.09. The number of hydrogen-bond donors (Lipinski definition) is 2. The van der Waals surface area contributed by atoms with E-state index in [9.17, 15) is 4.79 Å². The Morgan fingerprint density at radius 3 is 2.59 bits per heavy atom. The van der Waals surface area contributed by atoms with E-state index in [1.165, 1.54) is 0 Å². The average Bonchev–Trinajstić information content (AvgIpc) is 2.77. The van der Waals surface area contributed by atoms with E-state index >= 15 is 0 Å². The van der Waals surface area contributed by atoms with Gasteiger partial charge in [0.05, 0.1) is 7.11 Å². The van der Waals surface area contributed by atoms with Gasteiger partial charge in [0.25, 0.3) is 5.91 Å². The highest BCUT2D eigenvalue weighted by Gasteiger charge is 2.14. The molecular formula is C22H24N4O3. The Morgan fingerprint density at radius 1 is 1.00 bits per heavy atom. The molecule has 0 bridgehead atoms. The summed E-state index contributed by atoms with van der Waals surface area (Å²) in [6.07, 6.45) is 0.826. The predicted octanol–water partition coefficient (Wildman–Crippen LogP) is 3.85. The molecule has 150 valence electrons. The number of ether oxygens (including phenoxy) is 2. The van der Waals surface area contributed by atoms with Gasteiger partial charge in [-0.25, -0.2) is 9.97 Å². The fourth-order valence-corrected chi connectivity index (χ4v) is 2.70. The van der Waals surface area contributed by atoms with Crippen LogP contribution in [0.5, 0.6) is 5.75 Å². The van der Waals surface area contributed by atoms with Crippen LogP contribution in [0.4, 0.5) is 11.5 Å². The molecule has 3 aromatic rings. The van der Waals surface area contributed by atoms with Crippen molar-refractivity contribution in [2.75, 3.05) is 38.0 Å². The Kier molecular flexibility index (Phi) is 7.13. The van der Waals surface area contributed by atoms with Gasteiger partial charge in [-0.1, -0.05) is 36.4 Å². The van der Waals surface area contributed by atoms with Crippen molar-refractivity contribution in [3.8, 4) is 17.1 Å². The molecule has 0 unspecified atom stereocenters. The molecule has 7 heteroatoms. The maximum atomic E-state index is 12.8.